The molecule has 0 saturated carbocycles. The number of nitrogens with zero attached hydrogens (tertiary/aromatic N) is 1. The Morgan fingerprint density at radius 2 is 2.07 bits per heavy atom. The lowest BCUT2D eigenvalue weighted by Gasteiger charge is -2.28. The van der Waals surface area contributed by atoms with Gasteiger partial charge in [-0.1, -0.05) is 13.8 Å². The minimum Gasteiger partial charge on any atom is -0.330 e. The van der Waals surface area contributed by atoms with Gasteiger partial charge in [0.25, 0.3) is 0 Å². The summed E-state index contributed by atoms with van der Waals surface area (Å²) in [6.07, 6.45) is 3.31. The van der Waals surface area contributed by atoms with Gasteiger partial charge >= 0.3 is 0 Å². The number of aryl methyl sites for hydroxylation is 1. The average molecular weight is 212 g/mol. The molecular formula is C11H20N2S. The summed E-state index contributed by atoms with van der Waals surface area (Å²) in [4.78, 5) is 4.50. The third-order valence-electron chi connectivity index (χ3n) is 3.13. The van der Waals surface area contributed by atoms with E-state index in [2.05, 4.69) is 24.2 Å². The molecule has 0 aromatic carbocycles. The van der Waals surface area contributed by atoms with Crippen molar-refractivity contribution in [2.24, 2.45) is 11.1 Å². The second kappa shape index (κ2) is 4.89. The van der Waals surface area contributed by atoms with Crippen LogP contribution in [-0.2, 0) is 6.42 Å². The van der Waals surface area contributed by atoms with Crippen LogP contribution in [-0.4, -0.2) is 11.5 Å². The fourth-order valence-electron chi connectivity index (χ4n) is 1.67. The van der Waals surface area contributed by atoms with Crippen LogP contribution in [0.1, 0.15) is 37.4 Å². The Labute approximate surface area is 90.6 Å². The van der Waals surface area contributed by atoms with Crippen molar-refractivity contribution in [1.29, 1.82) is 0 Å². The topological polar surface area (TPSA) is 38.9 Å². The van der Waals surface area contributed by atoms with E-state index < -0.39 is 0 Å². The number of hydrogen-bond donors (Lipinski definition) is 1. The second-order valence-electron chi connectivity index (χ2n) is 3.97. The van der Waals surface area contributed by atoms with Crippen molar-refractivity contribution in [2.45, 2.75) is 40.0 Å². The lowest BCUT2D eigenvalue weighted by Crippen LogP contribution is -2.31. The first-order valence-corrected chi connectivity index (χ1v) is 6.15. The van der Waals surface area contributed by atoms with Gasteiger partial charge in [0.15, 0.2) is 0 Å². The molecule has 0 saturated heterocycles. The highest BCUT2D eigenvalue weighted by Gasteiger charge is 2.25. The minimum atomic E-state index is 0.268. The van der Waals surface area contributed by atoms with Gasteiger partial charge in [0.1, 0.15) is 0 Å². The van der Waals surface area contributed by atoms with Crippen LogP contribution >= 0.6 is 11.3 Å². The van der Waals surface area contributed by atoms with Gasteiger partial charge < -0.3 is 5.73 Å². The van der Waals surface area contributed by atoms with Gasteiger partial charge in [0, 0.05) is 17.5 Å². The van der Waals surface area contributed by atoms with Gasteiger partial charge in [-0.15, -0.1) is 11.3 Å². The highest BCUT2D eigenvalue weighted by atomic mass is 32.1. The summed E-state index contributed by atoms with van der Waals surface area (Å²) < 4.78 is 0. The van der Waals surface area contributed by atoms with E-state index in [1.165, 1.54) is 5.01 Å². The molecule has 0 bridgehead atoms. The Bertz CT molecular complexity index is 268. The lowest BCUT2D eigenvalue weighted by molar-refractivity contribution is 0.271. The quantitative estimate of drug-likeness (QED) is 0.815. The summed E-state index contributed by atoms with van der Waals surface area (Å²) in [7, 11) is 0. The smallest absolute Gasteiger partial charge is 0.0934 e. The standard InChI is InChI=1S/C11H20N2S/c1-4-11(5-2,8-12)6-10-13-9(3)7-14-10/h7H,4-6,8,12H2,1-3H3. The van der Waals surface area contributed by atoms with Crippen molar-refractivity contribution in [3.8, 4) is 0 Å². The summed E-state index contributed by atoms with van der Waals surface area (Å²) in [6.45, 7) is 7.24. The van der Waals surface area contributed by atoms with Crippen molar-refractivity contribution in [3.63, 3.8) is 0 Å². The van der Waals surface area contributed by atoms with Crippen LogP contribution in [0.4, 0.5) is 0 Å². The van der Waals surface area contributed by atoms with Crippen molar-refractivity contribution in [3.05, 3.63) is 16.1 Å². The molecule has 0 aliphatic rings. The number of rotatable bonds is 5. The molecule has 0 radical (unpaired) electrons. The van der Waals surface area contributed by atoms with Crippen LogP contribution in [0.2, 0.25) is 0 Å². The van der Waals surface area contributed by atoms with Crippen LogP contribution in [0.3, 0.4) is 0 Å². The van der Waals surface area contributed by atoms with E-state index in [1.807, 2.05) is 6.92 Å². The molecule has 14 heavy (non-hydrogen) atoms. The van der Waals surface area contributed by atoms with E-state index in [-0.39, 0.29) is 5.41 Å². The predicted octanol–water partition coefficient (Wildman–Crippen LogP) is 2.76. The number of nitrogens with two attached hydrogens (primary N) is 1. The maximum atomic E-state index is 5.86. The predicted molar refractivity (Wildman–Crippen MR) is 62.6 cm³/mol. The maximum absolute atomic E-state index is 5.86. The first-order valence-electron chi connectivity index (χ1n) is 5.27. The molecule has 1 heterocycles. The van der Waals surface area contributed by atoms with E-state index in [9.17, 15) is 0 Å². The molecule has 3 heteroatoms. The molecule has 2 nitrogen and oxygen atoms in total. The van der Waals surface area contributed by atoms with Crippen LogP contribution in [0, 0.1) is 12.3 Å². The molecule has 80 valence electrons. The van der Waals surface area contributed by atoms with E-state index in [0.717, 1.165) is 31.5 Å². The maximum Gasteiger partial charge on any atom is 0.0934 e. The zero-order valence-electron chi connectivity index (χ0n) is 9.34. The zero-order chi connectivity index (χ0) is 10.6. The van der Waals surface area contributed by atoms with Crippen LogP contribution in [0.15, 0.2) is 5.38 Å². The normalized spacial score (nSPS) is 12.0. The third kappa shape index (κ3) is 2.55. The molecule has 0 aliphatic carbocycles. The molecule has 0 amide bonds. The van der Waals surface area contributed by atoms with Crippen LogP contribution < -0.4 is 5.73 Å². The van der Waals surface area contributed by atoms with Gasteiger partial charge in [-0.3, -0.25) is 0 Å². The summed E-state index contributed by atoms with van der Waals surface area (Å²) in [5.41, 5.74) is 7.26. The van der Waals surface area contributed by atoms with Gasteiger partial charge in [-0.05, 0) is 31.7 Å². The molecule has 1 aromatic rings. The van der Waals surface area contributed by atoms with E-state index in [0.29, 0.717) is 0 Å². The molecule has 2 N–H and O–H groups in total. The Morgan fingerprint density at radius 1 is 1.43 bits per heavy atom. The molecule has 0 unspecified atom stereocenters. The van der Waals surface area contributed by atoms with E-state index in [1.54, 1.807) is 11.3 Å². The first-order chi connectivity index (χ1) is 6.65. The van der Waals surface area contributed by atoms with Crippen molar-refractivity contribution in [1.82, 2.24) is 4.98 Å². The second-order valence-corrected chi connectivity index (χ2v) is 4.91. The van der Waals surface area contributed by atoms with E-state index >= 15 is 0 Å². The average Bonchev–Trinajstić information content (AvgIpc) is 2.61. The molecule has 0 atom stereocenters. The molecular weight excluding hydrogens is 192 g/mol. The largest absolute Gasteiger partial charge is 0.330 e. The number of aromatic nitrogens is 1. The SMILES string of the molecule is CCC(CC)(CN)Cc1nc(C)cs1. The summed E-state index contributed by atoms with van der Waals surface area (Å²) in [5, 5.41) is 3.35. The van der Waals surface area contributed by atoms with Crippen LogP contribution in [0.25, 0.3) is 0 Å². The Morgan fingerprint density at radius 3 is 2.43 bits per heavy atom. The first kappa shape index (κ1) is 11.7. The highest BCUT2D eigenvalue weighted by molar-refractivity contribution is 7.09. The zero-order valence-corrected chi connectivity index (χ0v) is 10.2. The van der Waals surface area contributed by atoms with Crippen molar-refractivity contribution < 1.29 is 0 Å². The molecule has 1 aromatic heterocycles. The molecule has 1 rings (SSSR count). The van der Waals surface area contributed by atoms with Crippen molar-refractivity contribution in [2.75, 3.05) is 6.54 Å². The summed E-state index contributed by atoms with van der Waals surface area (Å²) >= 11 is 1.76. The van der Waals surface area contributed by atoms with Crippen LogP contribution in [0.5, 0.6) is 0 Å². The summed E-state index contributed by atoms with van der Waals surface area (Å²) in [6, 6.07) is 0. The molecule has 0 spiro atoms. The Kier molecular flexibility index (Phi) is 4.08. The van der Waals surface area contributed by atoms with Crippen molar-refractivity contribution >= 4 is 11.3 Å². The fraction of sp³-hybridized carbons (Fsp3) is 0.727. The van der Waals surface area contributed by atoms with E-state index in [4.69, 9.17) is 5.73 Å². The monoisotopic (exact) mass is 212 g/mol. The lowest BCUT2D eigenvalue weighted by atomic mass is 9.79. The van der Waals surface area contributed by atoms with Gasteiger partial charge in [-0.25, -0.2) is 4.98 Å². The minimum absolute atomic E-state index is 0.268. The van der Waals surface area contributed by atoms with Gasteiger partial charge in [0.05, 0.1) is 5.01 Å². The Balaban J connectivity index is 2.73. The summed E-state index contributed by atoms with van der Waals surface area (Å²) in [5.74, 6) is 0. The molecule has 0 aliphatic heterocycles. The fourth-order valence-corrected chi connectivity index (χ4v) is 2.61. The van der Waals surface area contributed by atoms with Gasteiger partial charge in [0.2, 0.25) is 0 Å². The third-order valence-corrected chi connectivity index (χ3v) is 4.09. The van der Waals surface area contributed by atoms with Gasteiger partial charge in [-0.2, -0.15) is 0 Å². The molecule has 0 fully saturated rings. The Hall–Kier alpha value is -0.410. The highest BCUT2D eigenvalue weighted by Crippen LogP contribution is 2.30. The number of hydrogen-bond acceptors (Lipinski definition) is 3. The number of thiazole rings is 1.